The van der Waals surface area contributed by atoms with Gasteiger partial charge in [-0.2, -0.15) is 0 Å². The lowest BCUT2D eigenvalue weighted by Gasteiger charge is -2.44. The number of amides is 2. The zero-order valence-electron chi connectivity index (χ0n) is 16.7. The monoisotopic (exact) mass is 369 g/mol. The smallest absolute Gasteiger partial charge is 0.246 e. The van der Waals surface area contributed by atoms with E-state index in [1.165, 1.54) is 10.9 Å². The number of nitrogens with zero attached hydrogens (tertiary/aromatic N) is 1. The molecule has 0 bridgehead atoms. The Bertz CT molecular complexity index is 797. The van der Waals surface area contributed by atoms with Gasteiger partial charge in [-0.05, 0) is 51.7 Å². The van der Waals surface area contributed by atoms with Gasteiger partial charge >= 0.3 is 0 Å². The highest BCUT2D eigenvalue weighted by Gasteiger charge is 2.45. The second kappa shape index (κ2) is 7.75. The summed E-state index contributed by atoms with van der Waals surface area (Å²) >= 11 is 0. The Morgan fingerprint density at radius 3 is 2.59 bits per heavy atom. The van der Waals surface area contributed by atoms with Crippen LogP contribution in [0.1, 0.15) is 58.4 Å². The summed E-state index contributed by atoms with van der Waals surface area (Å²) in [5.74, 6) is -0.0132. The minimum atomic E-state index is -0.723. The maximum absolute atomic E-state index is 13.2. The summed E-state index contributed by atoms with van der Waals surface area (Å²) in [5.41, 5.74) is 1.24. The Labute approximate surface area is 161 Å². The van der Waals surface area contributed by atoms with E-state index in [9.17, 15) is 9.59 Å². The minimum Gasteiger partial charge on any atom is -0.361 e. The fourth-order valence-corrected chi connectivity index (χ4v) is 4.19. The number of hydrogen-bond acceptors (Lipinski definition) is 2. The van der Waals surface area contributed by atoms with Crippen LogP contribution in [0.2, 0.25) is 0 Å². The van der Waals surface area contributed by atoms with Crippen molar-refractivity contribution < 1.29 is 9.59 Å². The van der Waals surface area contributed by atoms with Gasteiger partial charge in [-0.15, -0.1) is 0 Å². The molecule has 1 aliphatic carbocycles. The van der Waals surface area contributed by atoms with Crippen molar-refractivity contribution in [2.24, 2.45) is 0 Å². The van der Waals surface area contributed by atoms with Gasteiger partial charge in [0.15, 0.2) is 0 Å². The molecule has 146 valence electrons. The summed E-state index contributed by atoms with van der Waals surface area (Å²) in [6.07, 6.45) is 8.18. The van der Waals surface area contributed by atoms with Crippen molar-refractivity contribution >= 4 is 23.2 Å². The number of carbonyl (C=O) groups is 2. The van der Waals surface area contributed by atoms with Gasteiger partial charge in [0.2, 0.25) is 12.3 Å². The maximum atomic E-state index is 13.2. The zero-order chi connectivity index (χ0) is 19.5. The number of carbonyl (C=O) groups excluding carboxylic acids is 2. The van der Waals surface area contributed by atoms with Gasteiger partial charge in [0, 0.05) is 29.2 Å². The first-order chi connectivity index (χ1) is 12.9. The summed E-state index contributed by atoms with van der Waals surface area (Å²) in [7, 11) is 0. The Kier molecular flexibility index (Phi) is 5.59. The highest BCUT2D eigenvalue weighted by atomic mass is 16.2. The fourth-order valence-electron chi connectivity index (χ4n) is 4.19. The number of para-hydroxylation sites is 1. The van der Waals surface area contributed by atoms with Gasteiger partial charge in [0.25, 0.3) is 0 Å². The maximum Gasteiger partial charge on any atom is 0.246 e. The zero-order valence-corrected chi connectivity index (χ0v) is 16.7. The Balaban J connectivity index is 1.81. The largest absolute Gasteiger partial charge is 0.361 e. The quantitative estimate of drug-likeness (QED) is 0.761. The summed E-state index contributed by atoms with van der Waals surface area (Å²) < 4.78 is 0. The first kappa shape index (κ1) is 19.5. The molecule has 0 atom stereocenters. The minimum absolute atomic E-state index is 0.0132. The molecule has 2 aromatic rings. The molecule has 1 saturated carbocycles. The Morgan fingerprint density at radius 2 is 1.93 bits per heavy atom. The van der Waals surface area contributed by atoms with Crippen LogP contribution in [0, 0.1) is 0 Å². The fraction of sp³-hybridized carbons (Fsp3) is 0.545. The molecule has 2 amide bonds. The summed E-state index contributed by atoms with van der Waals surface area (Å²) in [4.78, 5) is 30.3. The van der Waals surface area contributed by atoms with Crippen LogP contribution in [0.5, 0.6) is 0 Å². The molecule has 5 heteroatoms. The molecule has 5 nitrogen and oxygen atoms in total. The first-order valence-electron chi connectivity index (χ1n) is 9.95. The van der Waals surface area contributed by atoms with Crippen molar-refractivity contribution in [1.82, 2.24) is 15.2 Å². The summed E-state index contributed by atoms with van der Waals surface area (Å²) in [6, 6.07) is 8.18. The van der Waals surface area contributed by atoms with E-state index in [0.717, 1.165) is 50.5 Å². The third-order valence-electron chi connectivity index (χ3n) is 5.57. The predicted molar refractivity (Wildman–Crippen MR) is 108 cm³/mol. The summed E-state index contributed by atoms with van der Waals surface area (Å²) in [5, 5.41) is 4.30. The van der Waals surface area contributed by atoms with Crippen molar-refractivity contribution in [2.45, 2.75) is 70.4 Å². The number of H-pyrrole nitrogens is 1. The van der Waals surface area contributed by atoms with Crippen LogP contribution in [-0.4, -0.2) is 39.8 Å². The molecule has 1 aliphatic rings. The molecule has 1 aromatic carbocycles. The van der Waals surface area contributed by atoms with E-state index in [2.05, 4.69) is 22.4 Å². The molecule has 0 radical (unpaired) electrons. The van der Waals surface area contributed by atoms with Crippen molar-refractivity contribution in [2.75, 3.05) is 6.54 Å². The van der Waals surface area contributed by atoms with E-state index in [4.69, 9.17) is 0 Å². The molecule has 3 rings (SSSR count). The number of aromatic nitrogens is 1. The highest BCUT2D eigenvalue weighted by molar-refractivity contribution is 5.89. The van der Waals surface area contributed by atoms with Gasteiger partial charge in [-0.25, -0.2) is 0 Å². The van der Waals surface area contributed by atoms with Gasteiger partial charge in [0.05, 0.1) is 0 Å². The number of rotatable bonds is 6. The molecule has 1 heterocycles. The second-order valence-corrected chi connectivity index (χ2v) is 8.70. The van der Waals surface area contributed by atoms with E-state index in [-0.39, 0.29) is 11.4 Å². The van der Waals surface area contributed by atoms with Gasteiger partial charge in [-0.3, -0.25) is 9.59 Å². The number of benzene rings is 1. The third kappa shape index (κ3) is 4.18. The molecular weight excluding hydrogens is 338 g/mol. The molecule has 27 heavy (non-hydrogen) atoms. The van der Waals surface area contributed by atoms with E-state index >= 15 is 0 Å². The SMILES string of the molecule is CC(C)(C)NC(=O)C1(N(C=O)CCc2c[nH]c3ccccc23)CCCCC1. The molecular formula is C22H31N3O2. The van der Waals surface area contributed by atoms with Crippen LogP contribution in [0.25, 0.3) is 10.9 Å². The number of aromatic amines is 1. The van der Waals surface area contributed by atoms with Crippen molar-refractivity contribution in [3.63, 3.8) is 0 Å². The standard InChI is InChI=1S/C22H31N3O2/c1-21(2,3)24-20(27)22(12-7-4-8-13-22)25(16-26)14-11-17-15-23-19-10-6-5-9-18(17)19/h5-6,9-10,15-16,23H,4,7-8,11-14H2,1-3H3,(H,24,27). The lowest BCUT2D eigenvalue weighted by molar-refractivity contribution is -0.144. The molecule has 0 aliphatic heterocycles. The molecule has 0 unspecified atom stereocenters. The van der Waals surface area contributed by atoms with Crippen molar-refractivity contribution in [1.29, 1.82) is 0 Å². The average molecular weight is 370 g/mol. The summed E-state index contributed by atoms with van der Waals surface area (Å²) in [6.45, 7) is 6.50. The normalized spacial score (nSPS) is 16.9. The lowest BCUT2D eigenvalue weighted by atomic mass is 9.79. The van der Waals surface area contributed by atoms with E-state index in [0.29, 0.717) is 6.54 Å². The second-order valence-electron chi connectivity index (χ2n) is 8.70. The van der Waals surface area contributed by atoms with E-state index in [1.807, 2.05) is 39.1 Å². The Hall–Kier alpha value is -2.30. The van der Waals surface area contributed by atoms with Gasteiger partial charge < -0.3 is 15.2 Å². The molecule has 0 spiro atoms. The van der Waals surface area contributed by atoms with Crippen LogP contribution in [0.3, 0.4) is 0 Å². The first-order valence-corrected chi connectivity index (χ1v) is 9.95. The molecule has 0 saturated heterocycles. The lowest BCUT2D eigenvalue weighted by Crippen LogP contribution is -2.62. The average Bonchev–Trinajstić information content (AvgIpc) is 3.05. The van der Waals surface area contributed by atoms with Crippen LogP contribution in [0.4, 0.5) is 0 Å². The molecule has 2 N–H and O–H groups in total. The third-order valence-corrected chi connectivity index (χ3v) is 5.57. The van der Waals surface area contributed by atoms with Crippen LogP contribution < -0.4 is 5.32 Å². The van der Waals surface area contributed by atoms with Crippen LogP contribution in [-0.2, 0) is 16.0 Å². The van der Waals surface area contributed by atoms with Gasteiger partial charge in [-0.1, -0.05) is 37.5 Å². The Morgan fingerprint density at radius 1 is 1.22 bits per heavy atom. The van der Waals surface area contributed by atoms with Crippen molar-refractivity contribution in [3.05, 3.63) is 36.0 Å². The predicted octanol–water partition coefficient (Wildman–Crippen LogP) is 3.79. The van der Waals surface area contributed by atoms with E-state index in [1.54, 1.807) is 4.90 Å². The highest BCUT2D eigenvalue weighted by Crippen LogP contribution is 2.34. The molecule has 1 fully saturated rings. The van der Waals surface area contributed by atoms with E-state index < -0.39 is 5.54 Å². The van der Waals surface area contributed by atoms with Crippen LogP contribution in [0.15, 0.2) is 30.5 Å². The number of nitrogens with one attached hydrogen (secondary N) is 2. The molecule has 1 aromatic heterocycles. The van der Waals surface area contributed by atoms with Crippen molar-refractivity contribution in [3.8, 4) is 0 Å². The number of hydrogen-bond donors (Lipinski definition) is 2. The van der Waals surface area contributed by atoms with Crippen LogP contribution >= 0.6 is 0 Å². The topological polar surface area (TPSA) is 65.2 Å². The number of fused-ring (bicyclic) bond motifs is 1. The van der Waals surface area contributed by atoms with Gasteiger partial charge in [0.1, 0.15) is 5.54 Å².